The smallest absolute Gasteiger partial charge is 0.184 e. The van der Waals surface area contributed by atoms with Gasteiger partial charge in [-0.25, -0.2) is 4.98 Å². The Morgan fingerprint density at radius 2 is 2.10 bits per heavy atom. The molecule has 0 radical (unpaired) electrons. The van der Waals surface area contributed by atoms with Crippen LogP contribution in [0.5, 0.6) is 0 Å². The lowest BCUT2D eigenvalue weighted by atomic mass is 10.2. The Hall–Kier alpha value is -2.47. The predicted molar refractivity (Wildman–Crippen MR) is 73.9 cm³/mol. The number of hydrogen-bond acceptors (Lipinski definition) is 4. The van der Waals surface area contributed by atoms with E-state index in [2.05, 4.69) is 32.4 Å². The van der Waals surface area contributed by atoms with E-state index >= 15 is 0 Å². The molecule has 20 heavy (non-hydrogen) atoms. The van der Waals surface area contributed by atoms with Gasteiger partial charge in [-0.15, -0.1) is 0 Å². The van der Waals surface area contributed by atoms with Crippen molar-refractivity contribution in [2.45, 2.75) is 13.2 Å². The maximum atomic E-state index is 5.01. The van der Waals surface area contributed by atoms with E-state index in [1.54, 1.807) is 13.3 Å². The van der Waals surface area contributed by atoms with E-state index in [1.165, 1.54) is 5.56 Å². The minimum Gasteiger partial charge on any atom is -0.377 e. The number of nitrogens with zero attached hydrogens (tertiary/aromatic N) is 4. The third-order valence-corrected chi connectivity index (χ3v) is 2.89. The third-order valence-electron chi connectivity index (χ3n) is 2.89. The van der Waals surface area contributed by atoms with Crippen molar-refractivity contribution < 1.29 is 4.74 Å². The van der Waals surface area contributed by atoms with Crippen molar-refractivity contribution in [3.63, 3.8) is 0 Å². The molecule has 3 aromatic rings. The largest absolute Gasteiger partial charge is 0.377 e. The van der Waals surface area contributed by atoms with Gasteiger partial charge in [-0.05, 0) is 5.56 Å². The SMILES string of the molecule is COCc1nc(-c2cnn(Cc3ccccc3)c2)n[nH]1. The Morgan fingerprint density at radius 3 is 2.90 bits per heavy atom. The fourth-order valence-corrected chi connectivity index (χ4v) is 1.96. The number of aromatic amines is 1. The standard InChI is InChI=1S/C14H15N5O/c1-20-10-13-16-14(18-17-13)12-7-15-19(9-12)8-11-5-3-2-4-6-11/h2-7,9H,8,10H2,1H3,(H,16,17,18). The quantitative estimate of drug-likeness (QED) is 0.767. The van der Waals surface area contributed by atoms with E-state index in [0.717, 1.165) is 12.1 Å². The first kappa shape index (κ1) is 12.6. The number of hydrogen-bond donors (Lipinski definition) is 1. The summed E-state index contributed by atoms with van der Waals surface area (Å²) in [6, 6.07) is 10.2. The number of aromatic nitrogens is 5. The minimum absolute atomic E-state index is 0.422. The highest BCUT2D eigenvalue weighted by Crippen LogP contribution is 2.14. The molecule has 0 fully saturated rings. The van der Waals surface area contributed by atoms with Gasteiger partial charge in [0.1, 0.15) is 6.61 Å². The Balaban J connectivity index is 1.76. The van der Waals surface area contributed by atoms with Crippen LogP contribution in [0.25, 0.3) is 11.4 Å². The fourth-order valence-electron chi connectivity index (χ4n) is 1.96. The van der Waals surface area contributed by atoms with E-state index in [0.29, 0.717) is 18.3 Å². The molecule has 0 bridgehead atoms. The third kappa shape index (κ3) is 2.75. The second-order valence-corrected chi connectivity index (χ2v) is 4.45. The van der Waals surface area contributed by atoms with Crippen LogP contribution in [0.15, 0.2) is 42.7 Å². The van der Waals surface area contributed by atoms with Gasteiger partial charge in [-0.3, -0.25) is 9.78 Å². The second-order valence-electron chi connectivity index (χ2n) is 4.45. The van der Waals surface area contributed by atoms with Gasteiger partial charge in [0.05, 0.1) is 18.3 Å². The first-order valence-electron chi connectivity index (χ1n) is 6.32. The van der Waals surface area contributed by atoms with Crippen molar-refractivity contribution in [3.8, 4) is 11.4 Å². The zero-order valence-corrected chi connectivity index (χ0v) is 11.2. The van der Waals surface area contributed by atoms with Gasteiger partial charge >= 0.3 is 0 Å². The first-order chi connectivity index (χ1) is 9.85. The molecule has 0 spiro atoms. The topological polar surface area (TPSA) is 68.6 Å². The Labute approximate surface area is 116 Å². The van der Waals surface area contributed by atoms with Crippen molar-refractivity contribution in [2.24, 2.45) is 0 Å². The van der Waals surface area contributed by atoms with Crippen molar-refractivity contribution in [3.05, 3.63) is 54.1 Å². The summed E-state index contributed by atoms with van der Waals surface area (Å²) < 4.78 is 6.88. The normalized spacial score (nSPS) is 10.8. The van der Waals surface area contributed by atoms with E-state index in [1.807, 2.05) is 29.1 Å². The van der Waals surface area contributed by atoms with Gasteiger partial charge in [-0.2, -0.15) is 10.2 Å². The lowest BCUT2D eigenvalue weighted by Gasteiger charge is -2.00. The summed E-state index contributed by atoms with van der Waals surface area (Å²) in [6.07, 6.45) is 3.70. The summed E-state index contributed by atoms with van der Waals surface area (Å²) in [4.78, 5) is 4.35. The average Bonchev–Trinajstić information content (AvgIpc) is 3.10. The molecular formula is C14H15N5O. The van der Waals surface area contributed by atoms with Crippen LogP contribution >= 0.6 is 0 Å². The van der Waals surface area contributed by atoms with Crippen molar-refractivity contribution in [1.82, 2.24) is 25.0 Å². The van der Waals surface area contributed by atoms with Gasteiger partial charge in [0.2, 0.25) is 0 Å². The molecule has 2 heterocycles. The number of ether oxygens (including phenoxy) is 1. The first-order valence-corrected chi connectivity index (χ1v) is 6.32. The van der Waals surface area contributed by atoms with Gasteiger partial charge in [0, 0.05) is 13.3 Å². The van der Waals surface area contributed by atoms with E-state index in [9.17, 15) is 0 Å². The van der Waals surface area contributed by atoms with E-state index in [-0.39, 0.29) is 0 Å². The molecule has 0 unspecified atom stereocenters. The Kier molecular flexibility index (Phi) is 3.56. The molecule has 0 saturated heterocycles. The Bertz CT molecular complexity index is 674. The maximum absolute atomic E-state index is 5.01. The minimum atomic E-state index is 0.422. The Morgan fingerprint density at radius 1 is 1.25 bits per heavy atom. The molecule has 0 aliphatic heterocycles. The second kappa shape index (κ2) is 5.66. The van der Waals surface area contributed by atoms with Crippen molar-refractivity contribution in [2.75, 3.05) is 7.11 Å². The molecule has 102 valence electrons. The van der Waals surface area contributed by atoms with Crippen molar-refractivity contribution in [1.29, 1.82) is 0 Å². The van der Waals surface area contributed by atoms with Gasteiger partial charge < -0.3 is 4.74 Å². The molecule has 3 rings (SSSR count). The maximum Gasteiger partial charge on any atom is 0.184 e. The number of H-pyrrole nitrogens is 1. The van der Waals surface area contributed by atoms with Crippen LogP contribution in [-0.2, 0) is 17.9 Å². The van der Waals surface area contributed by atoms with Crippen LogP contribution < -0.4 is 0 Å². The number of benzene rings is 1. The van der Waals surface area contributed by atoms with Crippen LogP contribution in [-0.4, -0.2) is 32.1 Å². The van der Waals surface area contributed by atoms with Crippen LogP contribution in [0.3, 0.4) is 0 Å². The molecule has 0 saturated carbocycles. The molecule has 2 aromatic heterocycles. The van der Waals surface area contributed by atoms with Gasteiger partial charge in [0.25, 0.3) is 0 Å². The number of methoxy groups -OCH3 is 1. The number of rotatable bonds is 5. The molecule has 6 heteroatoms. The molecular weight excluding hydrogens is 254 g/mol. The summed E-state index contributed by atoms with van der Waals surface area (Å²) in [5, 5.41) is 11.3. The summed E-state index contributed by atoms with van der Waals surface area (Å²) in [6.45, 7) is 1.15. The van der Waals surface area contributed by atoms with E-state index in [4.69, 9.17) is 4.74 Å². The summed E-state index contributed by atoms with van der Waals surface area (Å²) in [5.74, 6) is 1.34. The average molecular weight is 269 g/mol. The molecule has 0 atom stereocenters. The summed E-state index contributed by atoms with van der Waals surface area (Å²) in [5.41, 5.74) is 2.09. The molecule has 0 aliphatic rings. The van der Waals surface area contributed by atoms with Crippen molar-refractivity contribution >= 4 is 0 Å². The van der Waals surface area contributed by atoms with Crippen LogP contribution in [0.2, 0.25) is 0 Å². The van der Waals surface area contributed by atoms with Crippen LogP contribution in [0.1, 0.15) is 11.4 Å². The van der Waals surface area contributed by atoms with E-state index < -0.39 is 0 Å². The lowest BCUT2D eigenvalue weighted by molar-refractivity contribution is 0.178. The highest BCUT2D eigenvalue weighted by atomic mass is 16.5. The highest BCUT2D eigenvalue weighted by Gasteiger charge is 2.08. The molecule has 6 nitrogen and oxygen atoms in total. The lowest BCUT2D eigenvalue weighted by Crippen LogP contribution is -1.99. The molecule has 0 amide bonds. The fraction of sp³-hybridized carbons (Fsp3) is 0.214. The molecule has 1 aromatic carbocycles. The van der Waals surface area contributed by atoms with Gasteiger partial charge in [0.15, 0.2) is 11.6 Å². The molecule has 1 N–H and O–H groups in total. The predicted octanol–water partition coefficient (Wildman–Crippen LogP) is 1.86. The van der Waals surface area contributed by atoms with Crippen LogP contribution in [0.4, 0.5) is 0 Å². The highest BCUT2D eigenvalue weighted by molar-refractivity contribution is 5.51. The zero-order valence-electron chi connectivity index (χ0n) is 11.2. The zero-order chi connectivity index (χ0) is 13.8. The number of nitrogens with one attached hydrogen (secondary N) is 1. The molecule has 0 aliphatic carbocycles. The monoisotopic (exact) mass is 269 g/mol. The summed E-state index contributed by atoms with van der Waals surface area (Å²) >= 11 is 0. The van der Waals surface area contributed by atoms with Crippen LogP contribution in [0, 0.1) is 0 Å². The summed E-state index contributed by atoms with van der Waals surface area (Å²) in [7, 11) is 1.63. The van der Waals surface area contributed by atoms with Gasteiger partial charge in [-0.1, -0.05) is 30.3 Å².